The van der Waals surface area contributed by atoms with Gasteiger partial charge >= 0.3 is 5.97 Å². The van der Waals surface area contributed by atoms with Gasteiger partial charge in [0.15, 0.2) is 4.96 Å². The van der Waals surface area contributed by atoms with Gasteiger partial charge in [-0.3, -0.25) is 18.9 Å². The summed E-state index contributed by atoms with van der Waals surface area (Å²) in [6, 6.07) is 1.61. The summed E-state index contributed by atoms with van der Waals surface area (Å²) in [5.41, 5.74) is 1.36. The van der Waals surface area contributed by atoms with Crippen molar-refractivity contribution < 1.29 is 9.90 Å². The number of fused-ring (bicyclic) bond motifs is 1. The van der Waals surface area contributed by atoms with Crippen LogP contribution in [0.25, 0.3) is 4.96 Å². The molecule has 2 heterocycles. The maximum Gasteiger partial charge on any atom is 0.317 e. The van der Waals surface area contributed by atoms with Crippen LogP contribution in [0.5, 0.6) is 0 Å². The van der Waals surface area contributed by atoms with E-state index in [1.54, 1.807) is 4.40 Å². The summed E-state index contributed by atoms with van der Waals surface area (Å²) >= 11 is 1.41. The van der Waals surface area contributed by atoms with Crippen molar-refractivity contribution in [2.75, 3.05) is 6.54 Å². The second-order valence-electron chi connectivity index (χ2n) is 5.14. The van der Waals surface area contributed by atoms with Crippen LogP contribution in [-0.4, -0.2) is 37.9 Å². The summed E-state index contributed by atoms with van der Waals surface area (Å²) in [4.78, 5) is 30.0. The molecule has 0 aliphatic heterocycles. The van der Waals surface area contributed by atoms with Crippen LogP contribution < -0.4 is 5.56 Å². The Morgan fingerprint density at radius 1 is 1.57 bits per heavy atom. The molecule has 6 nitrogen and oxygen atoms in total. The molecule has 0 spiro atoms. The van der Waals surface area contributed by atoms with E-state index in [1.165, 1.54) is 17.4 Å². The number of hydrogen-bond donors (Lipinski definition) is 1. The summed E-state index contributed by atoms with van der Waals surface area (Å²) in [6.45, 7) is 6.16. The van der Waals surface area contributed by atoms with Gasteiger partial charge in [-0.05, 0) is 20.3 Å². The highest BCUT2D eigenvalue weighted by molar-refractivity contribution is 7.15. The Labute approximate surface area is 126 Å². The maximum atomic E-state index is 12.1. The molecule has 1 unspecified atom stereocenters. The minimum atomic E-state index is -0.875. The van der Waals surface area contributed by atoms with Crippen molar-refractivity contribution >= 4 is 22.3 Å². The van der Waals surface area contributed by atoms with E-state index in [0.717, 1.165) is 12.1 Å². The summed E-state index contributed by atoms with van der Waals surface area (Å²) < 4.78 is 1.57. The largest absolute Gasteiger partial charge is 0.480 e. The third-order valence-corrected chi connectivity index (χ3v) is 4.49. The van der Waals surface area contributed by atoms with Crippen molar-refractivity contribution in [1.82, 2.24) is 14.3 Å². The van der Waals surface area contributed by atoms with Crippen LogP contribution in [0.1, 0.15) is 31.7 Å². The Morgan fingerprint density at radius 3 is 2.90 bits per heavy atom. The minimum absolute atomic E-state index is 0.0560. The molecule has 0 saturated carbocycles. The van der Waals surface area contributed by atoms with Gasteiger partial charge in [-0.15, -0.1) is 11.3 Å². The van der Waals surface area contributed by atoms with Crippen LogP contribution in [0.2, 0.25) is 0 Å². The predicted molar refractivity (Wildman–Crippen MR) is 81.9 cm³/mol. The lowest BCUT2D eigenvalue weighted by molar-refractivity contribution is -0.139. The highest BCUT2D eigenvalue weighted by atomic mass is 32.1. The molecule has 7 heteroatoms. The fraction of sp³-hybridized carbons (Fsp3) is 0.500. The third-order valence-electron chi connectivity index (χ3n) is 3.55. The molecule has 0 saturated heterocycles. The molecule has 0 amide bonds. The van der Waals surface area contributed by atoms with Crippen LogP contribution in [0.3, 0.4) is 0 Å². The number of carboxylic acids is 1. The van der Waals surface area contributed by atoms with Crippen molar-refractivity contribution in [1.29, 1.82) is 0 Å². The van der Waals surface area contributed by atoms with Crippen LogP contribution in [-0.2, 0) is 11.3 Å². The number of hydrogen-bond acceptors (Lipinski definition) is 5. The normalized spacial score (nSPS) is 13.0. The van der Waals surface area contributed by atoms with Crippen molar-refractivity contribution in [2.24, 2.45) is 0 Å². The molecular formula is C14H19N3O3S. The molecule has 2 rings (SSSR count). The van der Waals surface area contributed by atoms with Gasteiger partial charge in [0.2, 0.25) is 0 Å². The molecule has 114 valence electrons. The Hall–Kier alpha value is -1.73. The predicted octanol–water partition coefficient (Wildman–Crippen LogP) is 1.75. The fourth-order valence-electron chi connectivity index (χ4n) is 2.19. The zero-order valence-electron chi connectivity index (χ0n) is 12.4. The molecule has 0 aromatic carbocycles. The first-order valence-electron chi connectivity index (χ1n) is 6.85. The molecule has 0 aliphatic rings. The average Bonchev–Trinajstić information content (AvgIpc) is 2.78. The molecule has 1 N–H and O–H groups in total. The lowest BCUT2D eigenvalue weighted by Gasteiger charge is -2.26. The maximum absolute atomic E-state index is 12.1. The van der Waals surface area contributed by atoms with Crippen LogP contribution in [0, 0.1) is 6.92 Å². The summed E-state index contributed by atoms with van der Waals surface area (Å²) in [5.74, 6) is -0.875. The number of thiazole rings is 1. The van der Waals surface area contributed by atoms with Crippen molar-refractivity contribution in [3.63, 3.8) is 0 Å². The van der Waals surface area contributed by atoms with Crippen molar-refractivity contribution in [2.45, 2.75) is 39.8 Å². The first kappa shape index (κ1) is 15.7. The highest BCUT2D eigenvalue weighted by Crippen LogP contribution is 2.13. The quantitative estimate of drug-likeness (QED) is 0.880. The second kappa shape index (κ2) is 6.36. The van der Waals surface area contributed by atoms with Gasteiger partial charge in [0.1, 0.15) is 0 Å². The average molecular weight is 309 g/mol. The van der Waals surface area contributed by atoms with Crippen LogP contribution in [0.4, 0.5) is 0 Å². The van der Waals surface area contributed by atoms with Gasteiger partial charge in [-0.1, -0.05) is 6.92 Å². The minimum Gasteiger partial charge on any atom is -0.480 e. The monoisotopic (exact) mass is 309 g/mol. The Kier molecular flexibility index (Phi) is 4.74. The van der Waals surface area contributed by atoms with Gasteiger partial charge in [-0.25, -0.2) is 4.98 Å². The number of rotatable bonds is 6. The smallest absolute Gasteiger partial charge is 0.317 e. The molecule has 21 heavy (non-hydrogen) atoms. The van der Waals surface area contributed by atoms with E-state index in [0.29, 0.717) is 17.2 Å². The van der Waals surface area contributed by atoms with Gasteiger partial charge in [0.25, 0.3) is 5.56 Å². The SMILES string of the molecule is CCC(C)N(CC(=O)O)Cc1cc(=O)n2c(C)csc2n1. The molecule has 0 radical (unpaired) electrons. The highest BCUT2D eigenvalue weighted by Gasteiger charge is 2.17. The topological polar surface area (TPSA) is 74.9 Å². The summed E-state index contributed by atoms with van der Waals surface area (Å²) in [5, 5.41) is 10.9. The number of aryl methyl sites for hydroxylation is 1. The Balaban J connectivity index is 2.32. The summed E-state index contributed by atoms with van der Waals surface area (Å²) in [6.07, 6.45) is 0.840. The van der Waals surface area contributed by atoms with E-state index in [4.69, 9.17) is 5.11 Å². The molecule has 2 aromatic rings. The molecule has 1 atom stereocenters. The number of nitrogens with zero attached hydrogens (tertiary/aromatic N) is 3. The summed E-state index contributed by atoms with van der Waals surface area (Å²) in [7, 11) is 0. The van der Waals surface area contributed by atoms with E-state index in [9.17, 15) is 9.59 Å². The van der Waals surface area contributed by atoms with E-state index in [-0.39, 0.29) is 18.1 Å². The van der Waals surface area contributed by atoms with Gasteiger partial charge < -0.3 is 5.11 Å². The van der Waals surface area contributed by atoms with E-state index in [2.05, 4.69) is 4.98 Å². The first-order valence-corrected chi connectivity index (χ1v) is 7.73. The second-order valence-corrected chi connectivity index (χ2v) is 5.97. The number of carboxylic acid groups (broad SMARTS) is 1. The first-order chi connectivity index (χ1) is 9.92. The van der Waals surface area contributed by atoms with E-state index >= 15 is 0 Å². The Bertz CT molecular complexity index is 707. The van der Waals surface area contributed by atoms with Crippen LogP contribution >= 0.6 is 11.3 Å². The fourth-order valence-corrected chi connectivity index (χ4v) is 3.08. The zero-order chi connectivity index (χ0) is 15.6. The van der Waals surface area contributed by atoms with Crippen LogP contribution in [0.15, 0.2) is 16.2 Å². The zero-order valence-corrected chi connectivity index (χ0v) is 13.2. The Morgan fingerprint density at radius 2 is 2.29 bits per heavy atom. The standard InChI is InChI=1S/C14H19N3O3S/c1-4-9(2)16(7-13(19)20)6-11-5-12(18)17-10(3)8-21-14(17)15-11/h5,8-9H,4,6-7H2,1-3H3,(H,19,20). The number of aliphatic carboxylic acids is 1. The van der Waals surface area contributed by atoms with Gasteiger partial charge in [0, 0.05) is 29.7 Å². The molecule has 0 fully saturated rings. The number of aromatic nitrogens is 2. The molecule has 0 aliphatic carbocycles. The third kappa shape index (κ3) is 3.48. The van der Waals surface area contributed by atoms with Gasteiger partial charge in [0.05, 0.1) is 12.2 Å². The molecule has 0 bridgehead atoms. The van der Waals surface area contributed by atoms with E-state index in [1.807, 2.05) is 31.1 Å². The van der Waals surface area contributed by atoms with Gasteiger partial charge in [-0.2, -0.15) is 0 Å². The lowest BCUT2D eigenvalue weighted by atomic mass is 10.2. The van der Waals surface area contributed by atoms with Crippen molar-refractivity contribution in [3.8, 4) is 0 Å². The molecular weight excluding hydrogens is 290 g/mol. The van der Waals surface area contributed by atoms with Crippen molar-refractivity contribution in [3.05, 3.63) is 33.2 Å². The molecule has 2 aromatic heterocycles. The lowest BCUT2D eigenvalue weighted by Crippen LogP contribution is -2.37. The van der Waals surface area contributed by atoms with E-state index < -0.39 is 5.97 Å². The number of carbonyl (C=O) groups is 1.